The minimum atomic E-state index is -0.857. The summed E-state index contributed by atoms with van der Waals surface area (Å²) in [6.45, 7) is 0. The number of carbonyl (C=O) groups is 2. The minimum absolute atomic E-state index is 0.107. The highest BCUT2D eigenvalue weighted by Crippen LogP contribution is 2.58. The van der Waals surface area contributed by atoms with Crippen LogP contribution < -0.4 is 0 Å². The van der Waals surface area contributed by atoms with Gasteiger partial charge in [-0.05, 0) is 11.1 Å². The van der Waals surface area contributed by atoms with Crippen LogP contribution in [0.2, 0.25) is 0 Å². The lowest BCUT2D eigenvalue weighted by atomic mass is 9.52. The van der Waals surface area contributed by atoms with E-state index in [1.165, 1.54) is 62.8 Å². The maximum Gasteiger partial charge on any atom is 0.310 e. The van der Waals surface area contributed by atoms with E-state index in [1.54, 1.807) is 0 Å². The third-order valence-corrected chi connectivity index (χ3v) is 5.47. The van der Waals surface area contributed by atoms with Crippen LogP contribution in [0.3, 0.4) is 0 Å². The van der Waals surface area contributed by atoms with Crippen molar-refractivity contribution in [3.63, 3.8) is 0 Å². The first-order valence-electron chi connectivity index (χ1n) is 8.94. The summed E-state index contributed by atoms with van der Waals surface area (Å²) in [5.41, 5.74) is 1.01. The van der Waals surface area contributed by atoms with Crippen molar-refractivity contribution in [3.8, 4) is 0 Å². The number of methoxy groups -OCH3 is 2. The Hall–Kier alpha value is -3.82. The molecule has 0 saturated heterocycles. The number of carbonyl (C=O) groups excluding carboxylic acids is 2. The number of non-ortho nitro benzene ring substituents is 2. The molecule has 1 aliphatic carbocycles. The lowest BCUT2D eigenvalue weighted by Crippen LogP contribution is -2.52. The molecule has 0 heterocycles. The Morgan fingerprint density at radius 1 is 0.700 bits per heavy atom. The second-order valence-electron chi connectivity index (χ2n) is 6.85. The Balaban J connectivity index is 2.07. The fourth-order valence-electron chi connectivity index (χ4n) is 4.07. The van der Waals surface area contributed by atoms with Crippen LogP contribution in [0, 0.1) is 32.1 Å². The number of esters is 2. The van der Waals surface area contributed by atoms with Gasteiger partial charge in [-0.1, -0.05) is 24.3 Å². The molecule has 1 aliphatic rings. The molecule has 1 saturated carbocycles. The molecular formula is C20H18N2O8. The SMILES string of the molecule is COC(=O)[C@@H]1[C@H](C(=O)OC)[C@@H](c2ccc([N+](=O)[O-])cc2)[C@H]1c1ccc([N+](=O)[O-])cc1. The predicted molar refractivity (Wildman–Crippen MR) is 103 cm³/mol. The van der Waals surface area contributed by atoms with E-state index in [0.717, 1.165) is 0 Å². The summed E-state index contributed by atoms with van der Waals surface area (Å²) in [4.78, 5) is 45.8. The number of ether oxygens (including phenoxy) is 2. The second-order valence-corrected chi connectivity index (χ2v) is 6.85. The fraction of sp³-hybridized carbons (Fsp3) is 0.300. The number of hydrogen-bond donors (Lipinski definition) is 0. The van der Waals surface area contributed by atoms with Crippen molar-refractivity contribution in [1.29, 1.82) is 0 Å². The summed E-state index contributed by atoms with van der Waals surface area (Å²) in [6.07, 6.45) is 0. The van der Waals surface area contributed by atoms with E-state index in [4.69, 9.17) is 9.47 Å². The van der Waals surface area contributed by atoms with E-state index in [1.807, 2.05) is 0 Å². The molecule has 0 unspecified atom stereocenters. The maximum absolute atomic E-state index is 12.5. The van der Waals surface area contributed by atoms with E-state index in [2.05, 4.69) is 0 Å². The highest BCUT2D eigenvalue weighted by atomic mass is 16.6. The molecule has 0 amide bonds. The van der Waals surface area contributed by atoms with Gasteiger partial charge in [0.25, 0.3) is 11.4 Å². The number of nitrogens with zero attached hydrogens (tertiary/aromatic N) is 2. The monoisotopic (exact) mass is 414 g/mol. The van der Waals surface area contributed by atoms with Crippen LogP contribution in [0.4, 0.5) is 11.4 Å². The maximum atomic E-state index is 12.5. The first-order valence-corrected chi connectivity index (χ1v) is 8.94. The summed E-state index contributed by atoms with van der Waals surface area (Å²) >= 11 is 0. The second kappa shape index (κ2) is 8.27. The van der Waals surface area contributed by atoms with Gasteiger partial charge >= 0.3 is 11.9 Å². The molecule has 1 fully saturated rings. The largest absolute Gasteiger partial charge is 0.469 e. The van der Waals surface area contributed by atoms with Crippen molar-refractivity contribution in [2.24, 2.45) is 11.8 Å². The molecule has 2 aromatic carbocycles. The lowest BCUT2D eigenvalue weighted by molar-refractivity contribution is -0.385. The Bertz CT molecular complexity index is 905. The molecule has 0 spiro atoms. The van der Waals surface area contributed by atoms with E-state index in [0.29, 0.717) is 11.1 Å². The molecule has 30 heavy (non-hydrogen) atoms. The molecule has 0 aromatic heterocycles. The third-order valence-electron chi connectivity index (χ3n) is 5.47. The lowest BCUT2D eigenvalue weighted by Gasteiger charge is -2.49. The third kappa shape index (κ3) is 3.59. The zero-order valence-electron chi connectivity index (χ0n) is 16.1. The Labute approximate surface area is 170 Å². The van der Waals surface area contributed by atoms with E-state index >= 15 is 0 Å². The number of rotatable bonds is 6. The van der Waals surface area contributed by atoms with Gasteiger partial charge in [0, 0.05) is 36.1 Å². The number of hydrogen-bond acceptors (Lipinski definition) is 8. The van der Waals surface area contributed by atoms with Gasteiger partial charge in [0.1, 0.15) is 0 Å². The predicted octanol–water partition coefficient (Wildman–Crippen LogP) is 2.96. The smallest absolute Gasteiger partial charge is 0.310 e. The van der Waals surface area contributed by atoms with Crippen LogP contribution in [0.5, 0.6) is 0 Å². The van der Waals surface area contributed by atoms with Crippen LogP contribution in [0.15, 0.2) is 48.5 Å². The number of nitro benzene ring substituents is 2. The van der Waals surface area contributed by atoms with Crippen molar-refractivity contribution in [2.45, 2.75) is 11.8 Å². The van der Waals surface area contributed by atoms with Crippen LogP contribution in [-0.2, 0) is 19.1 Å². The average molecular weight is 414 g/mol. The van der Waals surface area contributed by atoms with Gasteiger partial charge in [0.2, 0.25) is 0 Å². The molecule has 0 aliphatic heterocycles. The molecule has 3 rings (SSSR count). The number of nitro groups is 2. The van der Waals surface area contributed by atoms with Crippen LogP contribution in [0.25, 0.3) is 0 Å². The topological polar surface area (TPSA) is 139 Å². The Kier molecular flexibility index (Phi) is 5.77. The summed E-state index contributed by atoms with van der Waals surface area (Å²) in [7, 11) is 2.42. The van der Waals surface area contributed by atoms with Crippen LogP contribution in [-0.4, -0.2) is 36.0 Å². The molecule has 156 valence electrons. The first-order chi connectivity index (χ1) is 14.3. The van der Waals surface area contributed by atoms with Crippen molar-refractivity contribution in [2.75, 3.05) is 14.2 Å². The molecule has 10 nitrogen and oxygen atoms in total. The highest BCUT2D eigenvalue weighted by molar-refractivity contribution is 5.87. The quantitative estimate of drug-likeness (QED) is 0.399. The molecule has 0 N–H and O–H groups in total. The van der Waals surface area contributed by atoms with Crippen molar-refractivity contribution < 1.29 is 28.9 Å². The Morgan fingerprint density at radius 3 is 1.23 bits per heavy atom. The summed E-state index contributed by atoms with van der Waals surface area (Å²) in [5.74, 6) is -3.97. The molecule has 0 radical (unpaired) electrons. The van der Waals surface area contributed by atoms with Gasteiger partial charge < -0.3 is 9.47 Å². The minimum Gasteiger partial charge on any atom is -0.469 e. The van der Waals surface area contributed by atoms with Crippen LogP contribution in [0.1, 0.15) is 23.0 Å². The fourth-order valence-corrected chi connectivity index (χ4v) is 4.07. The summed E-state index contributed by atoms with van der Waals surface area (Å²) in [6, 6.07) is 11.4. The normalized spacial score (nSPS) is 22.5. The van der Waals surface area contributed by atoms with Crippen molar-refractivity contribution >= 4 is 23.3 Å². The van der Waals surface area contributed by atoms with Gasteiger partial charge in [-0.15, -0.1) is 0 Å². The van der Waals surface area contributed by atoms with Gasteiger partial charge in [0.15, 0.2) is 0 Å². The van der Waals surface area contributed by atoms with Gasteiger partial charge in [-0.2, -0.15) is 0 Å². The summed E-state index contributed by atoms with van der Waals surface area (Å²) < 4.78 is 9.77. The van der Waals surface area contributed by atoms with Gasteiger partial charge in [-0.3, -0.25) is 29.8 Å². The number of benzene rings is 2. The molecule has 4 atom stereocenters. The molecule has 2 aromatic rings. The van der Waals surface area contributed by atoms with Gasteiger partial charge in [0.05, 0.1) is 35.9 Å². The van der Waals surface area contributed by atoms with E-state index < -0.39 is 45.5 Å². The van der Waals surface area contributed by atoms with Crippen LogP contribution >= 0.6 is 0 Å². The van der Waals surface area contributed by atoms with Crippen molar-refractivity contribution in [3.05, 3.63) is 79.9 Å². The first kappa shape index (κ1) is 20.9. The zero-order valence-corrected chi connectivity index (χ0v) is 16.1. The molecule has 10 heteroatoms. The van der Waals surface area contributed by atoms with E-state index in [-0.39, 0.29) is 11.4 Å². The Morgan fingerprint density at radius 2 is 1.00 bits per heavy atom. The molecule has 0 bridgehead atoms. The zero-order chi connectivity index (χ0) is 22.0. The van der Waals surface area contributed by atoms with Gasteiger partial charge in [-0.25, -0.2) is 0 Å². The standard InChI is InChI=1S/C20H18N2O8/c1-29-19(23)17-15(11-3-7-13(8-4-11)21(25)26)16(18(17)20(24)30-2)12-5-9-14(10-6-12)22(27)28/h3-10,15-18H,1-2H3/t15-,16+,17+,18-. The van der Waals surface area contributed by atoms with Crippen molar-refractivity contribution in [1.82, 2.24) is 0 Å². The molecular weight excluding hydrogens is 396 g/mol. The van der Waals surface area contributed by atoms with E-state index in [9.17, 15) is 29.8 Å². The highest BCUT2D eigenvalue weighted by Gasteiger charge is 2.59. The average Bonchev–Trinajstić information content (AvgIpc) is 2.73. The summed E-state index contributed by atoms with van der Waals surface area (Å²) in [5, 5.41) is 21.9.